The molecule has 3 aliphatic rings. The number of nitrogen functional groups attached to an aromatic ring is 2. The number of hydrogen-bond donors (Lipinski definition) is 8. The molecule has 3 saturated heterocycles. The highest BCUT2D eigenvalue weighted by molar-refractivity contribution is 8.09. The van der Waals surface area contributed by atoms with Gasteiger partial charge in [0, 0.05) is 7.11 Å². The number of nitrogens with zero attached hydrogens (tertiary/aromatic N) is 10. The summed E-state index contributed by atoms with van der Waals surface area (Å²) in [5.74, 6) is -0.592. The van der Waals surface area contributed by atoms with Crippen LogP contribution in [0.15, 0.2) is 41.1 Å². The average Bonchev–Trinajstić information content (AvgIpc) is 4.16. The van der Waals surface area contributed by atoms with E-state index in [1.165, 1.54) is 41.4 Å². The van der Waals surface area contributed by atoms with Crippen molar-refractivity contribution >= 4 is 98.1 Å². The second-order valence-electron chi connectivity index (χ2n) is 16.2. The minimum Gasteiger partial charge on any atom is -0.780 e. The zero-order valence-corrected chi connectivity index (χ0v) is 42.5. The first kappa shape index (κ1) is 54.7. The summed E-state index contributed by atoms with van der Waals surface area (Å²) in [5.41, 5.74) is 9.97. The number of hydrogen-bond acceptors (Lipinski definition) is 32. The molecule has 9 rings (SSSR count). The Balaban J connectivity index is 0.854. The van der Waals surface area contributed by atoms with Crippen molar-refractivity contribution in [2.75, 3.05) is 38.4 Å². The molecule has 16 unspecified atom stereocenters. The van der Waals surface area contributed by atoms with Gasteiger partial charge in [0.05, 0.1) is 45.7 Å². The van der Waals surface area contributed by atoms with Crippen molar-refractivity contribution < 1.29 is 99.4 Å². The number of anilines is 2. The molecule has 0 spiro atoms. The van der Waals surface area contributed by atoms with Gasteiger partial charge in [-0.3, -0.25) is 51.0 Å². The van der Waals surface area contributed by atoms with Crippen LogP contribution in [0.5, 0.6) is 0 Å². The molecule has 42 heteroatoms. The molecular formula is C32H39N14O22P4S2-3. The summed E-state index contributed by atoms with van der Waals surface area (Å²) < 4.78 is 83.2. The zero-order chi connectivity index (χ0) is 53.4. The fraction of sp³-hybridized carbons (Fsp3) is 0.531. The van der Waals surface area contributed by atoms with Crippen molar-refractivity contribution in [3.8, 4) is 0 Å². The van der Waals surface area contributed by atoms with Gasteiger partial charge in [-0.05, 0) is 0 Å². The topological polar surface area (TPSA) is 513 Å². The van der Waals surface area contributed by atoms with E-state index in [1.807, 2.05) is 0 Å². The second kappa shape index (κ2) is 20.7. The van der Waals surface area contributed by atoms with Gasteiger partial charge >= 0.3 is 5.65 Å². The number of aromatic amines is 2. The van der Waals surface area contributed by atoms with Crippen LogP contribution in [0, 0.1) is 0 Å². The summed E-state index contributed by atoms with van der Waals surface area (Å²) in [6.07, 6.45) is -13.3. The number of fused-ring (bicyclic) bond motifs is 3. The number of imidazole rings is 3. The van der Waals surface area contributed by atoms with E-state index in [9.17, 15) is 58.7 Å². The molecule has 10 N–H and O–H groups in total. The van der Waals surface area contributed by atoms with Gasteiger partial charge in [0.2, 0.25) is 17.7 Å². The van der Waals surface area contributed by atoms with E-state index in [0.29, 0.717) is 0 Å². The van der Waals surface area contributed by atoms with Crippen LogP contribution in [0.25, 0.3) is 33.5 Å². The molecule has 0 amide bonds. The van der Waals surface area contributed by atoms with E-state index < -0.39 is 134 Å². The molecule has 3 fully saturated rings. The van der Waals surface area contributed by atoms with Crippen LogP contribution >= 0.6 is 29.1 Å². The summed E-state index contributed by atoms with van der Waals surface area (Å²) in [6, 6.07) is 0. The molecule has 36 nitrogen and oxygen atoms in total. The number of phosphoric ester groups is 2. The number of aliphatic hydroxyl groups excluding tert-OH is 4. The maximum atomic E-state index is 13.9. The van der Waals surface area contributed by atoms with Crippen molar-refractivity contribution in [1.29, 1.82) is 0 Å². The van der Waals surface area contributed by atoms with E-state index in [-0.39, 0.29) is 45.4 Å². The Morgan fingerprint density at radius 1 is 0.757 bits per heavy atom. The van der Waals surface area contributed by atoms with Crippen LogP contribution in [-0.4, -0.2) is 156 Å². The molecule has 74 heavy (non-hydrogen) atoms. The Morgan fingerprint density at radius 3 is 2.05 bits per heavy atom. The van der Waals surface area contributed by atoms with Crippen molar-refractivity contribution in [2.45, 2.75) is 73.6 Å². The Bertz CT molecular complexity index is 3420. The van der Waals surface area contributed by atoms with Gasteiger partial charge in [-0.2, -0.15) is 4.98 Å². The number of nitrogens with two attached hydrogens (primary N) is 2. The zero-order valence-electron chi connectivity index (χ0n) is 37.3. The summed E-state index contributed by atoms with van der Waals surface area (Å²) >= 11 is 9.70. The lowest BCUT2D eigenvalue weighted by Gasteiger charge is -2.38. The molecular weight excluding hydrogens is 1120 g/mol. The molecule has 3 aliphatic heterocycles. The van der Waals surface area contributed by atoms with Gasteiger partial charge in [-0.1, -0.05) is 28.6 Å². The van der Waals surface area contributed by atoms with E-state index in [0.717, 1.165) is 22.6 Å². The van der Waals surface area contributed by atoms with Crippen molar-refractivity contribution in [1.82, 2.24) is 53.6 Å². The summed E-state index contributed by atoms with van der Waals surface area (Å²) in [6.45, 7) is -13.7. The van der Waals surface area contributed by atoms with Crippen molar-refractivity contribution in [3.63, 3.8) is 0 Å². The third-order valence-corrected chi connectivity index (χ3v) is 18.2. The highest BCUT2D eigenvalue weighted by atomic mass is 32.5. The number of aryl methyl sites for hydroxylation is 1. The lowest BCUT2D eigenvalue weighted by Crippen LogP contribution is -2.46. The standard InChI is InChI=1S/C32H42N14O22P4S2/c1-43-10-46(25-16(43)27(52)42-32(34)40-25)29-20(50)17(47)12(64-29)4-60-69(53,54)67-72(58,74)68-70(55,56)61-6-14-21(22(59-2)30(65-14)44-8-37-11-3-35-7-36-23(11)44)66-71(57,73)62-5-13-18(48)19(49)28(63-13)45-9-38-15-24(45)39-31(33)41-26(15)51/h3,7-10,12-14,17-22,28-30,47-50H,4-6H2,1-2H3,(H9-,33,34,39,40,41,42,51,52,53,54,55,56,57,58,73,74)/p-3. The van der Waals surface area contributed by atoms with Crippen LogP contribution < -0.4 is 46.7 Å². The van der Waals surface area contributed by atoms with E-state index in [4.69, 9.17) is 55.8 Å². The fourth-order valence-electron chi connectivity index (χ4n) is 8.17. The van der Waals surface area contributed by atoms with E-state index >= 15 is 0 Å². The smallest absolute Gasteiger partial charge is 0.313 e. The first-order valence-corrected chi connectivity index (χ1v) is 28.9. The number of rotatable bonds is 19. The lowest BCUT2D eigenvalue weighted by molar-refractivity contribution is -0.745. The fourth-order valence-corrected chi connectivity index (χ4v) is 14.5. The number of phosphoric acid groups is 2. The normalized spacial score (nSPS) is 30.7. The third kappa shape index (κ3) is 11.0. The van der Waals surface area contributed by atoms with E-state index in [1.54, 1.807) is 0 Å². The number of aliphatic hydroxyl groups is 4. The molecule has 0 aliphatic carbocycles. The van der Waals surface area contributed by atoms with Crippen LogP contribution in [0.1, 0.15) is 18.7 Å². The maximum Gasteiger partial charge on any atom is 0.313 e. The Hall–Kier alpha value is -4.11. The summed E-state index contributed by atoms with van der Waals surface area (Å²) in [7, 11) is -9.38. The number of H-pyrrole nitrogens is 2. The first-order chi connectivity index (χ1) is 34.8. The molecule has 6 aromatic heterocycles. The quantitative estimate of drug-likeness (QED) is 0.0276. The van der Waals surface area contributed by atoms with Gasteiger partial charge in [0.1, 0.15) is 80.2 Å². The molecule has 16 atom stereocenters. The van der Waals surface area contributed by atoms with Gasteiger partial charge in [0.15, 0.2) is 35.6 Å². The highest BCUT2D eigenvalue weighted by Crippen LogP contribution is 2.63. The number of ether oxygens (including phenoxy) is 4. The molecule has 9 heterocycles. The first-order valence-electron chi connectivity index (χ1n) is 20.9. The van der Waals surface area contributed by atoms with Gasteiger partial charge < -0.3 is 88.5 Å². The Labute approximate surface area is 421 Å². The molecule has 0 saturated carbocycles. The number of methoxy groups -OCH3 is 1. The average molecular weight is 1160 g/mol. The summed E-state index contributed by atoms with van der Waals surface area (Å²) in [4.78, 5) is 107. The molecule has 0 bridgehead atoms. The van der Waals surface area contributed by atoms with Gasteiger partial charge in [0.25, 0.3) is 32.7 Å². The second-order valence-corrected chi connectivity index (χ2v) is 24.7. The van der Waals surface area contributed by atoms with Crippen LogP contribution in [-0.2, 0) is 85.5 Å². The minimum absolute atomic E-state index is 0.0135. The predicted molar refractivity (Wildman–Crippen MR) is 239 cm³/mol. The number of nitrogens with one attached hydrogen (secondary N) is 2. The monoisotopic (exact) mass is 1160 g/mol. The van der Waals surface area contributed by atoms with Crippen LogP contribution in [0.2, 0.25) is 0 Å². The lowest BCUT2D eigenvalue weighted by atomic mass is 10.1. The van der Waals surface area contributed by atoms with Crippen molar-refractivity contribution in [2.24, 2.45) is 7.05 Å². The van der Waals surface area contributed by atoms with Gasteiger partial charge in [-0.15, -0.1) is 0 Å². The van der Waals surface area contributed by atoms with Crippen LogP contribution in [0.3, 0.4) is 0 Å². The minimum atomic E-state index is -6.04. The Morgan fingerprint density at radius 2 is 1.35 bits per heavy atom. The third-order valence-electron chi connectivity index (χ3n) is 11.4. The largest absolute Gasteiger partial charge is 0.780 e. The molecule has 404 valence electrons. The predicted octanol–water partition coefficient (Wildman–Crippen LogP) is -6.59. The SMILES string of the molecule is COC1C(OP([O-])(=S)OCC2OC(n3cnc4c(=O)[nH]c(N)nc43)C(O)C2O)C(COP(=O)([O-])OP([O-])(=S)OP(=O)([O-])OCC2OC([n+]3cn(C)c4c(=O)[nH]c(N)nc43)C(O)C2O)OC1n1cnc2cncnc21. The maximum absolute atomic E-state index is 13.9. The molecule has 0 aromatic carbocycles. The summed E-state index contributed by atoms with van der Waals surface area (Å²) in [5, 5.41) is 43.2. The van der Waals surface area contributed by atoms with Crippen LogP contribution in [0.4, 0.5) is 11.9 Å². The van der Waals surface area contributed by atoms with Gasteiger partial charge in [-0.25, -0.2) is 24.5 Å². The van der Waals surface area contributed by atoms with E-state index in [2.05, 4.69) is 64.8 Å². The molecule has 0 radical (unpaired) electrons. The number of aromatic nitrogens is 12. The van der Waals surface area contributed by atoms with Crippen molar-refractivity contribution in [3.05, 3.63) is 52.2 Å². The highest BCUT2D eigenvalue weighted by Gasteiger charge is 2.51. The Kier molecular flexibility index (Phi) is 15.3. The molecule has 6 aromatic rings.